The summed E-state index contributed by atoms with van der Waals surface area (Å²) < 4.78 is 8.30. The molecule has 0 saturated heterocycles. The van der Waals surface area contributed by atoms with Gasteiger partial charge in [0.2, 0.25) is 0 Å². The summed E-state index contributed by atoms with van der Waals surface area (Å²) in [5.41, 5.74) is 0. The van der Waals surface area contributed by atoms with Gasteiger partial charge in [0.15, 0.2) is 0 Å². The molecule has 76 valence electrons. The van der Waals surface area contributed by atoms with Crippen LogP contribution in [0.3, 0.4) is 0 Å². The number of aliphatic hydroxyl groups excluding tert-OH is 2. The predicted octanol–water partition coefficient (Wildman–Crippen LogP) is -9.11. The van der Waals surface area contributed by atoms with E-state index in [9.17, 15) is 19.8 Å². The average Bonchev–Trinajstić information content (AvgIpc) is 2.05. The van der Waals surface area contributed by atoms with Crippen molar-refractivity contribution in [3.05, 3.63) is 0 Å². The third-order valence-corrected chi connectivity index (χ3v) is 0.782. The Labute approximate surface area is 135 Å². The van der Waals surface area contributed by atoms with Crippen LogP contribution in [0, 0.1) is 0 Å². The maximum atomic E-state index is 9.63. The minimum absolute atomic E-state index is 0. The molecule has 0 heterocycles. The maximum absolute atomic E-state index is 9.63. The second-order valence-electron chi connectivity index (χ2n) is 1.53. The van der Waals surface area contributed by atoms with E-state index in [1.54, 1.807) is 0 Å². The molecule has 2 radical (unpaired) electrons. The number of carbonyl (C=O) groups excluding carboxylic acids is 2. The Morgan fingerprint density at radius 1 is 1.00 bits per heavy atom. The molecule has 0 bridgehead atoms. The van der Waals surface area contributed by atoms with Crippen molar-refractivity contribution in [1.29, 1.82) is 0 Å². The van der Waals surface area contributed by atoms with Gasteiger partial charge in [-0.05, 0) is 0 Å². The van der Waals surface area contributed by atoms with Crippen molar-refractivity contribution in [2.24, 2.45) is 0 Å². The van der Waals surface area contributed by atoms with E-state index in [0.717, 1.165) is 0 Å². The van der Waals surface area contributed by atoms with Crippen LogP contribution in [0.4, 0.5) is 0 Å². The first-order chi connectivity index (χ1) is 5.46. The zero-order chi connectivity index (χ0) is 10.3. The molecule has 2 unspecified atom stereocenters. The van der Waals surface area contributed by atoms with Crippen LogP contribution in [0.2, 0.25) is 0 Å². The Morgan fingerprint density at radius 2 is 1.14 bits per heavy atom. The van der Waals surface area contributed by atoms with E-state index in [1.807, 2.05) is 0 Å². The summed E-state index contributed by atoms with van der Waals surface area (Å²) in [5, 5.41) is 35.7. The van der Waals surface area contributed by atoms with Crippen LogP contribution in [0.15, 0.2) is 0 Å². The van der Waals surface area contributed by atoms with E-state index in [1.165, 1.54) is 0 Å². The third-order valence-electron chi connectivity index (χ3n) is 0.782. The fourth-order valence-corrected chi connectivity index (χ4v) is 0.258. The van der Waals surface area contributed by atoms with E-state index in [2.05, 4.69) is 0 Å². The number of hydrogen-bond acceptors (Lipinski definition) is 7. The standard InChI is InChI=1S/C4H6O6.K.H2O.O.Sb/c5-1(3(7)8)2(6)4(9)10;;;;/h1-2,5-6H,(H,7,8)(H,9,10);;1H2;;/q;+1;;;+1/p-2. The summed E-state index contributed by atoms with van der Waals surface area (Å²) in [6, 6.07) is 0. The van der Waals surface area contributed by atoms with Gasteiger partial charge in [-0.1, -0.05) is 0 Å². The number of carboxylic acid groups (broad SMARTS) is 2. The molecule has 8 nitrogen and oxygen atoms in total. The van der Waals surface area contributed by atoms with E-state index >= 15 is 0 Å². The molecule has 10 heteroatoms. The van der Waals surface area contributed by atoms with E-state index in [-0.39, 0.29) is 56.9 Å². The molecule has 4 N–H and O–H groups in total. The molecule has 0 aliphatic rings. The van der Waals surface area contributed by atoms with Crippen LogP contribution in [-0.2, 0) is 12.6 Å². The van der Waals surface area contributed by atoms with Crippen molar-refractivity contribution < 1.29 is 89.9 Å². The summed E-state index contributed by atoms with van der Waals surface area (Å²) in [6.45, 7) is 0. The summed E-state index contributed by atoms with van der Waals surface area (Å²) in [4.78, 5) is 19.3. The summed E-state index contributed by atoms with van der Waals surface area (Å²) >= 11 is 0.500. The zero-order valence-corrected chi connectivity index (χ0v) is 12.7. The van der Waals surface area contributed by atoms with E-state index in [4.69, 9.17) is 13.2 Å². The number of carboxylic acids is 2. The first-order valence-corrected chi connectivity index (χ1v) is 3.47. The number of hydrogen-bond donors (Lipinski definition) is 2. The zero-order valence-electron chi connectivity index (χ0n) is 7.04. The predicted molar refractivity (Wildman–Crippen MR) is 32.1 cm³/mol. The van der Waals surface area contributed by atoms with Crippen LogP contribution in [-0.4, -0.2) is 62.8 Å². The molecular weight excluding hydrogens is 337 g/mol. The molecule has 2 atom stereocenters. The number of aliphatic hydroxyl groups is 2. The number of carbonyl (C=O) groups is 2. The molecule has 0 saturated carbocycles. The normalized spacial score (nSPS) is 11.6. The Bertz CT molecular complexity index is 157. The fourth-order valence-electron chi connectivity index (χ4n) is 0.258. The number of rotatable bonds is 3. The van der Waals surface area contributed by atoms with E-state index in [0.29, 0.717) is 23.0 Å². The van der Waals surface area contributed by atoms with Crippen LogP contribution in [0.25, 0.3) is 0 Å². The van der Waals surface area contributed by atoms with Gasteiger partial charge >= 0.3 is 77.4 Å². The van der Waals surface area contributed by atoms with Crippen molar-refractivity contribution in [2.75, 3.05) is 0 Å². The molecule has 14 heavy (non-hydrogen) atoms. The van der Waals surface area contributed by atoms with Gasteiger partial charge in [0.1, 0.15) is 12.2 Å². The van der Waals surface area contributed by atoms with Gasteiger partial charge in [-0.25, -0.2) is 0 Å². The van der Waals surface area contributed by atoms with Gasteiger partial charge in [0.05, 0.1) is 11.9 Å². The van der Waals surface area contributed by atoms with Crippen LogP contribution in [0.5, 0.6) is 0 Å². The first-order valence-electron chi connectivity index (χ1n) is 2.43. The SMILES string of the molecule is O.O=C([O-])C(O)C(O)C(=O)[O-].[K+].[O]=[Sb+]. The summed E-state index contributed by atoms with van der Waals surface area (Å²) in [5.74, 6) is -4.12. The second-order valence-corrected chi connectivity index (χ2v) is 1.53. The molecule has 0 spiro atoms. The van der Waals surface area contributed by atoms with Gasteiger partial charge < -0.3 is 35.5 Å². The molecule has 0 rings (SSSR count). The molecule has 0 aromatic heterocycles. The third kappa shape index (κ3) is 11.2. The summed E-state index contributed by atoms with van der Waals surface area (Å²) in [6.07, 6.45) is -4.88. The first kappa shape index (κ1) is 24.3. The minimum atomic E-state index is -2.44. The van der Waals surface area contributed by atoms with Crippen molar-refractivity contribution in [3.8, 4) is 0 Å². The molecule has 0 aliphatic heterocycles. The Hall–Kier alpha value is 1.07. The second kappa shape index (κ2) is 14.1. The van der Waals surface area contributed by atoms with Gasteiger partial charge in [-0.2, -0.15) is 0 Å². The summed E-state index contributed by atoms with van der Waals surface area (Å²) in [7, 11) is 0. The Balaban J connectivity index is -0.000000117. The van der Waals surface area contributed by atoms with Crippen molar-refractivity contribution >= 4 is 35.0 Å². The molecule has 0 fully saturated rings. The number of aliphatic carboxylic acids is 2. The Morgan fingerprint density at radius 3 is 1.21 bits per heavy atom. The molecular formula is C4H6KO8Sb. The monoisotopic (exact) mass is 342 g/mol. The van der Waals surface area contributed by atoms with Crippen LogP contribution >= 0.6 is 0 Å². The van der Waals surface area contributed by atoms with Gasteiger partial charge in [-0.3, -0.25) is 0 Å². The molecule has 0 aliphatic carbocycles. The van der Waals surface area contributed by atoms with E-state index < -0.39 is 24.1 Å². The van der Waals surface area contributed by atoms with Crippen molar-refractivity contribution in [3.63, 3.8) is 0 Å². The van der Waals surface area contributed by atoms with Crippen molar-refractivity contribution in [1.82, 2.24) is 0 Å². The molecule has 0 amide bonds. The average molecular weight is 343 g/mol. The topological polar surface area (TPSA) is 169 Å². The molecule has 0 aromatic carbocycles. The fraction of sp³-hybridized carbons (Fsp3) is 0.500. The molecule has 0 aromatic rings. The van der Waals surface area contributed by atoms with Crippen LogP contribution < -0.4 is 61.6 Å². The van der Waals surface area contributed by atoms with Gasteiger partial charge in [0.25, 0.3) is 0 Å². The van der Waals surface area contributed by atoms with Crippen LogP contribution in [0.1, 0.15) is 0 Å². The van der Waals surface area contributed by atoms with Gasteiger partial charge in [-0.15, -0.1) is 0 Å². The quantitative estimate of drug-likeness (QED) is 0.479. The van der Waals surface area contributed by atoms with Crippen molar-refractivity contribution in [2.45, 2.75) is 12.2 Å². The van der Waals surface area contributed by atoms with Gasteiger partial charge in [0, 0.05) is 0 Å². The Kier molecular flexibility index (Phi) is 24.5.